The van der Waals surface area contributed by atoms with Gasteiger partial charge < -0.3 is 4.90 Å². The number of amides is 1. The van der Waals surface area contributed by atoms with E-state index >= 15 is 0 Å². The molecule has 3 aromatic rings. The molecule has 0 fully saturated rings. The lowest BCUT2D eigenvalue weighted by atomic mass is 10.0. The highest BCUT2D eigenvalue weighted by Gasteiger charge is 2.19. The van der Waals surface area contributed by atoms with Crippen molar-refractivity contribution in [1.82, 2.24) is 9.88 Å². The smallest absolute Gasteiger partial charge is 0.254 e. The predicted molar refractivity (Wildman–Crippen MR) is 104 cm³/mol. The number of fused-ring (bicyclic) bond motifs is 1. The summed E-state index contributed by atoms with van der Waals surface area (Å²) in [7, 11) is 0. The number of rotatable bonds is 5. The van der Waals surface area contributed by atoms with Crippen LogP contribution >= 0.6 is 0 Å². The molecule has 0 saturated heterocycles. The third-order valence-corrected chi connectivity index (χ3v) is 4.22. The highest BCUT2D eigenvalue weighted by molar-refractivity contribution is 6.07. The Kier molecular flexibility index (Phi) is 5.12. The third-order valence-electron chi connectivity index (χ3n) is 4.22. The fourth-order valence-electron chi connectivity index (χ4n) is 2.94. The molecule has 0 saturated carbocycles. The molecule has 0 radical (unpaired) electrons. The zero-order valence-corrected chi connectivity index (χ0v) is 15.0. The minimum absolute atomic E-state index is 0.0579. The molecule has 0 N–H and O–H groups in total. The quantitative estimate of drug-likeness (QED) is 0.603. The number of pyridine rings is 1. The molecule has 4 heteroatoms. The number of halogens is 1. The number of aromatic nitrogens is 1. The Morgan fingerprint density at radius 2 is 1.85 bits per heavy atom. The molecule has 0 aliphatic rings. The molecule has 1 amide bonds. The Morgan fingerprint density at radius 3 is 2.50 bits per heavy atom. The number of benzene rings is 2. The maximum Gasteiger partial charge on any atom is 0.254 e. The predicted octanol–water partition coefficient (Wildman–Crippen LogP) is 5.08. The summed E-state index contributed by atoms with van der Waals surface area (Å²) in [6, 6.07) is 15.5. The largest absolute Gasteiger partial charge is 0.335 e. The van der Waals surface area contributed by atoms with Gasteiger partial charge in [-0.15, -0.1) is 0 Å². The van der Waals surface area contributed by atoms with Crippen LogP contribution in [0.1, 0.15) is 24.2 Å². The number of hydrogen-bond acceptors (Lipinski definition) is 2. The first-order valence-corrected chi connectivity index (χ1v) is 8.59. The average molecular weight is 348 g/mol. The molecular formula is C22H21FN2O. The zero-order valence-electron chi connectivity index (χ0n) is 15.0. The first-order chi connectivity index (χ1) is 12.5. The summed E-state index contributed by atoms with van der Waals surface area (Å²) >= 11 is 0. The molecule has 0 aliphatic heterocycles. The molecule has 0 aliphatic carbocycles. The highest BCUT2D eigenvalue weighted by Crippen LogP contribution is 2.26. The first kappa shape index (κ1) is 17.8. The van der Waals surface area contributed by atoms with Crippen molar-refractivity contribution >= 4 is 16.8 Å². The molecule has 1 aromatic heterocycles. The van der Waals surface area contributed by atoms with Gasteiger partial charge in [-0.3, -0.25) is 4.79 Å². The second kappa shape index (κ2) is 7.48. The van der Waals surface area contributed by atoms with Gasteiger partial charge in [0.2, 0.25) is 0 Å². The molecule has 0 bridgehead atoms. The van der Waals surface area contributed by atoms with Crippen LogP contribution in [0.3, 0.4) is 0 Å². The van der Waals surface area contributed by atoms with Crippen molar-refractivity contribution in [3.05, 3.63) is 78.1 Å². The number of carbonyl (C=O) groups excluding carboxylic acids is 1. The summed E-state index contributed by atoms with van der Waals surface area (Å²) in [5.74, 6) is -0.359. The molecule has 0 unspecified atom stereocenters. The maximum atomic E-state index is 13.2. The van der Waals surface area contributed by atoms with E-state index in [0.717, 1.165) is 22.0 Å². The Labute approximate surface area is 152 Å². The van der Waals surface area contributed by atoms with Gasteiger partial charge in [-0.05, 0) is 50.2 Å². The van der Waals surface area contributed by atoms with Crippen LogP contribution in [0.25, 0.3) is 22.2 Å². The van der Waals surface area contributed by atoms with E-state index in [2.05, 4.69) is 11.6 Å². The number of para-hydroxylation sites is 1. The third kappa shape index (κ3) is 3.64. The van der Waals surface area contributed by atoms with Gasteiger partial charge in [-0.25, -0.2) is 9.37 Å². The van der Waals surface area contributed by atoms with Gasteiger partial charge in [0.25, 0.3) is 5.91 Å². The Balaban J connectivity index is 2.15. The van der Waals surface area contributed by atoms with Gasteiger partial charge in [0.05, 0.1) is 16.8 Å². The van der Waals surface area contributed by atoms with E-state index in [1.807, 2.05) is 38.1 Å². The van der Waals surface area contributed by atoms with Crippen molar-refractivity contribution in [2.24, 2.45) is 0 Å². The lowest BCUT2D eigenvalue weighted by molar-refractivity contribution is 0.0780. The van der Waals surface area contributed by atoms with Crippen LogP contribution < -0.4 is 0 Å². The first-order valence-electron chi connectivity index (χ1n) is 8.59. The van der Waals surface area contributed by atoms with Crippen LogP contribution in [0.5, 0.6) is 0 Å². The summed E-state index contributed by atoms with van der Waals surface area (Å²) < 4.78 is 13.2. The number of carbonyl (C=O) groups is 1. The van der Waals surface area contributed by atoms with Crippen molar-refractivity contribution in [3.8, 4) is 11.3 Å². The van der Waals surface area contributed by atoms with Crippen molar-refractivity contribution in [1.29, 1.82) is 0 Å². The van der Waals surface area contributed by atoms with Crippen molar-refractivity contribution in [3.63, 3.8) is 0 Å². The Bertz CT molecular complexity index is 964. The van der Waals surface area contributed by atoms with Crippen LogP contribution in [0.2, 0.25) is 0 Å². The fourth-order valence-corrected chi connectivity index (χ4v) is 2.94. The molecule has 1 heterocycles. The van der Waals surface area contributed by atoms with E-state index in [9.17, 15) is 9.18 Å². The van der Waals surface area contributed by atoms with E-state index in [0.29, 0.717) is 24.3 Å². The topological polar surface area (TPSA) is 33.2 Å². The average Bonchev–Trinajstić information content (AvgIpc) is 2.65. The van der Waals surface area contributed by atoms with E-state index in [-0.39, 0.29) is 11.7 Å². The van der Waals surface area contributed by atoms with Crippen LogP contribution in [0.4, 0.5) is 4.39 Å². The lowest BCUT2D eigenvalue weighted by Gasteiger charge is -2.22. The van der Waals surface area contributed by atoms with E-state index in [4.69, 9.17) is 0 Å². The fraction of sp³-hybridized carbons (Fsp3) is 0.182. The minimum atomic E-state index is -0.301. The summed E-state index contributed by atoms with van der Waals surface area (Å²) in [6.07, 6.45) is 0. The van der Waals surface area contributed by atoms with E-state index in [1.54, 1.807) is 23.1 Å². The van der Waals surface area contributed by atoms with Crippen molar-refractivity contribution < 1.29 is 9.18 Å². The van der Waals surface area contributed by atoms with Gasteiger partial charge in [-0.2, -0.15) is 0 Å². The maximum absolute atomic E-state index is 13.2. The van der Waals surface area contributed by atoms with Crippen LogP contribution in [-0.4, -0.2) is 28.9 Å². The number of nitrogens with zero attached hydrogens (tertiary/aromatic N) is 2. The van der Waals surface area contributed by atoms with Crippen LogP contribution in [0.15, 0.2) is 66.7 Å². The van der Waals surface area contributed by atoms with Crippen LogP contribution in [0, 0.1) is 5.82 Å². The Morgan fingerprint density at radius 1 is 1.15 bits per heavy atom. The molecule has 132 valence electrons. The lowest BCUT2D eigenvalue weighted by Crippen LogP contribution is -2.32. The molecule has 26 heavy (non-hydrogen) atoms. The van der Waals surface area contributed by atoms with Gasteiger partial charge in [0, 0.05) is 24.0 Å². The second-order valence-electron chi connectivity index (χ2n) is 6.36. The summed E-state index contributed by atoms with van der Waals surface area (Å²) in [5, 5.41) is 0.809. The summed E-state index contributed by atoms with van der Waals surface area (Å²) in [4.78, 5) is 19.6. The zero-order chi connectivity index (χ0) is 18.7. The van der Waals surface area contributed by atoms with Crippen LogP contribution in [-0.2, 0) is 0 Å². The van der Waals surface area contributed by atoms with Gasteiger partial charge in [0.1, 0.15) is 5.82 Å². The van der Waals surface area contributed by atoms with Gasteiger partial charge in [-0.1, -0.05) is 30.4 Å². The highest BCUT2D eigenvalue weighted by atomic mass is 19.1. The van der Waals surface area contributed by atoms with Crippen molar-refractivity contribution in [2.75, 3.05) is 13.1 Å². The van der Waals surface area contributed by atoms with Gasteiger partial charge in [0.15, 0.2) is 0 Å². The van der Waals surface area contributed by atoms with E-state index in [1.165, 1.54) is 12.1 Å². The number of likely N-dealkylation sites (N-methyl/N-ethyl adjacent to an activating group) is 1. The van der Waals surface area contributed by atoms with Gasteiger partial charge >= 0.3 is 0 Å². The summed E-state index contributed by atoms with van der Waals surface area (Å²) in [5.41, 5.74) is 3.69. The number of hydrogen-bond donors (Lipinski definition) is 0. The molecule has 3 rings (SSSR count). The molecule has 2 aromatic carbocycles. The Hall–Kier alpha value is -3.01. The molecule has 3 nitrogen and oxygen atoms in total. The molecular weight excluding hydrogens is 327 g/mol. The van der Waals surface area contributed by atoms with Crippen molar-refractivity contribution in [2.45, 2.75) is 13.8 Å². The standard InChI is InChI=1S/C22H21FN2O/c1-4-25(14-15(2)3)22(26)19-13-21(16-9-11-17(23)12-10-16)24-20-8-6-5-7-18(19)20/h5-13H,2,4,14H2,1,3H3. The second-order valence-corrected chi connectivity index (χ2v) is 6.36. The molecule has 0 atom stereocenters. The normalized spacial score (nSPS) is 10.7. The minimum Gasteiger partial charge on any atom is -0.335 e. The van der Waals surface area contributed by atoms with E-state index < -0.39 is 0 Å². The molecule has 0 spiro atoms. The SMILES string of the molecule is C=C(C)CN(CC)C(=O)c1cc(-c2ccc(F)cc2)nc2ccccc12. The monoisotopic (exact) mass is 348 g/mol. The summed E-state index contributed by atoms with van der Waals surface area (Å²) in [6.45, 7) is 8.87.